The van der Waals surface area contributed by atoms with E-state index in [0.29, 0.717) is 6.42 Å². The summed E-state index contributed by atoms with van der Waals surface area (Å²) in [6.45, 7) is 8.40. The smallest absolute Gasteiger partial charge is 0.323 e. The lowest BCUT2D eigenvalue weighted by atomic mass is 9.87. The van der Waals surface area contributed by atoms with Crippen molar-refractivity contribution in [1.29, 1.82) is 10.7 Å². The van der Waals surface area contributed by atoms with Crippen molar-refractivity contribution in [2.45, 2.75) is 77.4 Å². The second-order valence-electron chi connectivity index (χ2n) is 11.7. The van der Waals surface area contributed by atoms with Gasteiger partial charge in [-0.3, -0.25) is 19.8 Å². The van der Waals surface area contributed by atoms with Crippen LogP contribution in [0.3, 0.4) is 0 Å². The van der Waals surface area contributed by atoms with E-state index in [9.17, 15) is 24.8 Å². The van der Waals surface area contributed by atoms with Crippen molar-refractivity contribution in [2.24, 2.45) is 22.1 Å². The molecule has 1 saturated heterocycles. The Morgan fingerprint density at radius 2 is 1.95 bits per heavy atom. The Hall–Kier alpha value is -4.38. The van der Waals surface area contributed by atoms with Crippen LogP contribution in [0.1, 0.15) is 58.0 Å². The van der Waals surface area contributed by atoms with Gasteiger partial charge in [0.25, 0.3) is 0 Å². The van der Waals surface area contributed by atoms with Crippen molar-refractivity contribution >= 4 is 30.0 Å². The fourth-order valence-electron chi connectivity index (χ4n) is 4.41. The minimum Gasteiger partial charge on any atom is -0.463 e. The lowest BCUT2D eigenvalue weighted by molar-refractivity contribution is -0.163. The topological polar surface area (TPSA) is 213 Å². The maximum atomic E-state index is 13.0. The van der Waals surface area contributed by atoms with Crippen LogP contribution in [0.15, 0.2) is 47.5 Å². The highest BCUT2D eigenvalue weighted by Crippen LogP contribution is 2.41. The first-order valence-electron chi connectivity index (χ1n) is 14.3. The number of aromatic nitrogens is 1. The summed E-state index contributed by atoms with van der Waals surface area (Å²) < 4.78 is 17.1. The first-order chi connectivity index (χ1) is 20.8. The van der Waals surface area contributed by atoms with E-state index in [1.807, 2.05) is 19.1 Å². The molecule has 1 aliphatic heterocycles. The first kappa shape index (κ1) is 34.1. The van der Waals surface area contributed by atoms with Gasteiger partial charge in [0.15, 0.2) is 11.9 Å². The van der Waals surface area contributed by atoms with E-state index in [0.717, 1.165) is 11.9 Å². The fourth-order valence-corrected chi connectivity index (χ4v) is 4.41. The number of hydrogen-bond donors (Lipinski definition) is 5. The normalized spacial score (nSPS) is 23.2. The molecular weight excluding hydrogens is 568 g/mol. The number of benzene rings is 1. The number of rotatable bonds is 11. The maximum absolute atomic E-state index is 13.0. The third-order valence-corrected chi connectivity index (χ3v) is 7.47. The Labute approximate surface area is 256 Å². The number of nitrogens with zero attached hydrogens (tertiary/aromatic N) is 2. The number of carbonyl (C=O) groups is 3. The van der Waals surface area contributed by atoms with Crippen molar-refractivity contribution in [3.63, 3.8) is 0 Å². The van der Waals surface area contributed by atoms with Gasteiger partial charge >= 0.3 is 11.9 Å². The molecule has 0 unspecified atom stereocenters. The Morgan fingerprint density at radius 3 is 2.55 bits per heavy atom. The van der Waals surface area contributed by atoms with Crippen molar-refractivity contribution in [3.8, 4) is 6.07 Å². The highest BCUT2D eigenvalue weighted by molar-refractivity contribution is 6.09. The second kappa shape index (κ2) is 14.4. The van der Waals surface area contributed by atoms with E-state index in [4.69, 9.17) is 25.4 Å². The largest absolute Gasteiger partial charge is 0.463 e. The second-order valence-corrected chi connectivity index (χ2v) is 11.7. The van der Waals surface area contributed by atoms with E-state index in [-0.39, 0.29) is 35.5 Å². The van der Waals surface area contributed by atoms with Crippen molar-refractivity contribution in [3.05, 3.63) is 59.4 Å². The van der Waals surface area contributed by atoms with E-state index in [1.54, 1.807) is 52.0 Å². The van der Waals surface area contributed by atoms with Crippen LogP contribution in [-0.2, 0) is 40.6 Å². The summed E-state index contributed by atoms with van der Waals surface area (Å²) in [5.41, 5.74) is 4.31. The standard InChI is InChI=1S/C31H40N6O7/c1-6-18(2)28(40)37-27(35-17-33)20-12-13-22(36-20)31(16-32)26(39)24(43-29(41)25(34)30(3,4)5)21(44-31)15-42-23(38)14-19-10-8-7-9-11-19/h7-13,17-18,21,24-26,36,39H,6,14-15,34H2,1-5H3,(H2,33,35,37,40)/t18-,21+,24+,25+,26+,31-/m0/s1. The lowest BCUT2D eigenvalue weighted by Crippen LogP contribution is -2.49. The SMILES string of the molecule is CC[C@H](C)C(=O)NC(=NC=N)c1ccc([C@]2(C#N)O[C@H](COC(=O)Cc3ccccc3)[C@@H](OC(=O)[C@@H](N)C(C)(C)C)[C@H]2O)[nH]1. The summed E-state index contributed by atoms with van der Waals surface area (Å²) in [7, 11) is 0. The van der Waals surface area contributed by atoms with Crippen LogP contribution < -0.4 is 11.1 Å². The van der Waals surface area contributed by atoms with Gasteiger partial charge in [0, 0.05) is 5.92 Å². The molecule has 1 amide bonds. The summed E-state index contributed by atoms with van der Waals surface area (Å²) in [5, 5.41) is 31.9. The van der Waals surface area contributed by atoms with Gasteiger partial charge < -0.3 is 35.4 Å². The van der Waals surface area contributed by atoms with Gasteiger partial charge in [0.2, 0.25) is 11.5 Å². The molecule has 0 bridgehead atoms. The van der Waals surface area contributed by atoms with E-state index in [2.05, 4.69) is 15.3 Å². The van der Waals surface area contributed by atoms with Gasteiger partial charge in [-0.15, -0.1) is 0 Å². The monoisotopic (exact) mass is 608 g/mol. The maximum Gasteiger partial charge on any atom is 0.323 e. The number of hydrogen-bond acceptors (Lipinski definition) is 10. The van der Waals surface area contributed by atoms with Gasteiger partial charge in [-0.1, -0.05) is 65.0 Å². The number of aliphatic hydroxyl groups excluding tert-OH is 1. The molecule has 6 N–H and O–H groups in total. The lowest BCUT2D eigenvalue weighted by Gasteiger charge is -2.28. The zero-order valence-corrected chi connectivity index (χ0v) is 25.5. The number of nitrogens with two attached hydrogens (primary N) is 1. The van der Waals surface area contributed by atoms with E-state index < -0.39 is 53.9 Å². The molecule has 6 atom stereocenters. The van der Waals surface area contributed by atoms with Gasteiger partial charge in [0.05, 0.1) is 17.8 Å². The number of esters is 2. The number of aliphatic hydroxyl groups is 1. The minimum atomic E-state index is -2.11. The highest BCUT2D eigenvalue weighted by Gasteiger charge is 2.59. The first-order valence-corrected chi connectivity index (χ1v) is 14.3. The Bertz CT molecular complexity index is 1410. The number of carbonyl (C=O) groups excluding carboxylic acids is 3. The van der Waals surface area contributed by atoms with Crippen LogP contribution in [0.2, 0.25) is 0 Å². The number of nitrogens with one attached hydrogen (secondary N) is 3. The quantitative estimate of drug-likeness (QED) is 0.143. The predicted octanol–water partition coefficient (Wildman–Crippen LogP) is 2.08. The molecule has 236 valence electrons. The molecular formula is C31H40N6O7. The number of amidine groups is 1. The predicted molar refractivity (Wildman–Crippen MR) is 160 cm³/mol. The summed E-state index contributed by atoms with van der Waals surface area (Å²) in [6.07, 6.45) is -3.13. The molecule has 3 rings (SSSR count). The Kier molecular flexibility index (Phi) is 11.2. The van der Waals surface area contributed by atoms with Crippen molar-refractivity contribution in [1.82, 2.24) is 10.3 Å². The summed E-state index contributed by atoms with van der Waals surface area (Å²) in [5.74, 6) is -2.06. The molecule has 1 aliphatic rings. The van der Waals surface area contributed by atoms with Crippen LogP contribution in [0.25, 0.3) is 0 Å². The third-order valence-electron chi connectivity index (χ3n) is 7.47. The van der Waals surface area contributed by atoms with Gasteiger partial charge in [0.1, 0.15) is 37.3 Å². The minimum absolute atomic E-state index is 0.0163. The molecule has 1 fully saturated rings. The zero-order valence-electron chi connectivity index (χ0n) is 25.5. The van der Waals surface area contributed by atoms with Crippen molar-refractivity contribution < 1.29 is 33.7 Å². The number of aliphatic imine (C=N–C) groups is 1. The van der Waals surface area contributed by atoms with Crippen LogP contribution in [0.4, 0.5) is 0 Å². The van der Waals surface area contributed by atoms with Crippen molar-refractivity contribution in [2.75, 3.05) is 6.61 Å². The van der Waals surface area contributed by atoms with Gasteiger partial charge in [-0.05, 0) is 29.5 Å². The van der Waals surface area contributed by atoms with Gasteiger partial charge in [-0.2, -0.15) is 5.26 Å². The summed E-state index contributed by atoms with van der Waals surface area (Å²) in [6, 6.07) is 12.8. The molecule has 0 saturated carbocycles. The third kappa shape index (κ3) is 7.76. The average molecular weight is 609 g/mol. The Morgan fingerprint density at radius 1 is 1.27 bits per heavy atom. The van der Waals surface area contributed by atoms with Crippen LogP contribution in [0, 0.1) is 28.1 Å². The number of nitriles is 1. The summed E-state index contributed by atoms with van der Waals surface area (Å²) in [4.78, 5) is 45.0. The zero-order chi connectivity index (χ0) is 32.7. The molecule has 0 radical (unpaired) electrons. The molecule has 13 heteroatoms. The molecule has 44 heavy (non-hydrogen) atoms. The highest BCUT2D eigenvalue weighted by atomic mass is 16.6. The van der Waals surface area contributed by atoms with Crippen LogP contribution in [-0.4, -0.2) is 71.1 Å². The molecule has 1 aromatic carbocycles. The fraction of sp³-hybridized carbons (Fsp3) is 0.484. The molecule has 0 aliphatic carbocycles. The molecule has 13 nitrogen and oxygen atoms in total. The molecule has 1 aromatic heterocycles. The molecule has 2 heterocycles. The molecule has 0 spiro atoms. The number of ether oxygens (including phenoxy) is 3. The van der Waals surface area contributed by atoms with E-state index >= 15 is 0 Å². The van der Waals surface area contributed by atoms with Gasteiger partial charge in [-0.25, -0.2) is 4.99 Å². The Balaban J connectivity index is 1.92. The van der Waals surface area contributed by atoms with E-state index in [1.165, 1.54) is 12.1 Å². The van der Waals surface area contributed by atoms with Crippen LogP contribution in [0.5, 0.6) is 0 Å². The average Bonchev–Trinajstić information content (AvgIpc) is 3.59. The number of H-pyrrole nitrogens is 1. The summed E-state index contributed by atoms with van der Waals surface area (Å²) >= 11 is 0. The van der Waals surface area contributed by atoms with Crippen LogP contribution >= 0.6 is 0 Å². The molecule has 2 aromatic rings. The number of aromatic amines is 1. The number of amides is 1.